The predicted molar refractivity (Wildman–Crippen MR) is 119 cm³/mol. The second-order valence-electron chi connectivity index (χ2n) is 6.94. The van der Waals surface area contributed by atoms with Crippen LogP contribution in [0.25, 0.3) is 10.2 Å². The third kappa shape index (κ3) is 4.30. The van der Waals surface area contributed by atoms with Gasteiger partial charge in [0.05, 0.1) is 16.8 Å². The SMILES string of the molecule is Cc1ccc(C)c2sc(N(Cc3ccccc3)C(=O)COc3ccccc3)nc12. The average Bonchev–Trinajstić information content (AvgIpc) is 3.21. The quantitative estimate of drug-likeness (QED) is 0.426. The molecule has 0 bridgehead atoms. The van der Waals surface area contributed by atoms with E-state index in [1.165, 1.54) is 5.56 Å². The van der Waals surface area contributed by atoms with Crippen molar-refractivity contribution in [2.75, 3.05) is 11.5 Å². The summed E-state index contributed by atoms with van der Waals surface area (Å²) in [4.78, 5) is 19.7. The monoisotopic (exact) mass is 402 g/mol. The molecule has 3 aromatic carbocycles. The van der Waals surface area contributed by atoms with Gasteiger partial charge in [-0.15, -0.1) is 0 Å². The summed E-state index contributed by atoms with van der Waals surface area (Å²) in [5, 5.41) is 0.697. The highest BCUT2D eigenvalue weighted by Crippen LogP contribution is 2.33. The van der Waals surface area contributed by atoms with Crippen LogP contribution in [-0.4, -0.2) is 17.5 Å². The number of benzene rings is 3. The number of ether oxygens (including phenoxy) is 1. The number of aromatic nitrogens is 1. The van der Waals surface area contributed by atoms with Crippen LogP contribution in [0.4, 0.5) is 5.13 Å². The van der Waals surface area contributed by atoms with Crippen molar-refractivity contribution in [1.82, 2.24) is 4.98 Å². The number of para-hydroxylation sites is 1. The molecule has 0 aliphatic rings. The lowest BCUT2D eigenvalue weighted by Gasteiger charge is -2.20. The molecule has 1 amide bonds. The topological polar surface area (TPSA) is 42.4 Å². The molecule has 0 atom stereocenters. The number of thiazole rings is 1. The fourth-order valence-electron chi connectivity index (χ4n) is 3.13. The Bertz CT molecular complexity index is 1080. The molecule has 0 radical (unpaired) electrons. The summed E-state index contributed by atoms with van der Waals surface area (Å²) in [6.45, 7) is 4.54. The maximum absolute atomic E-state index is 13.1. The fourth-order valence-corrected chi connectivity index (χ4v) is 4.26. The predicted octanol–water partition coefficient (Wildman–Crippen LogP) is 5.53. The molecule has 4 aromatic rings. The minimum atomic E-state index is -0.118. The standard InChI is InChI=1S/C24H22N2O2S/c1-17-13-14-18(2)23-22(17)25-24(29-23)26(15-19-9-5-3-6-10-19)21(27)16-28-20-11-7-4-8-12-20/h3-14H,15-16H2,1-2H3. The van der Waals surface area contributed by atoms with Gasteiger partial charge in [-0.05, 0) is 42.7 Å². The van der Waals surface area contributed by atoms with Crippen molar-refractivity contribution < 1.29 is 9.53 Å². The van der Waals surface area contributed by atoms with Crippen molar-refractivity contribution in [2.45, 2.75) is 20.4 Å². The van der Waals surface area contributed by atoms with Gasteiger partial charge in [-0.3, -0.25) is 9.69 Å². The second-order valence-corrected chi connectivity index (χ2v) is 7.92. The highest BCUT2D eigenvalue weighted by atomic mass is 32.1. The number of carbonyl (C=O) groups is 1. The highest BCUT2D eigenvalue weighted by Gasteiger charge is 2.22. The lowest BCUT2D eigenvalue weighted by Crippen LogP contribution is -2.34. The summed E-state index contributed by atoms with van der Waals surface area (Å²) < 4.78 is 6.84. The van der Waals surface area contributed by atoms with Gasteiger partial charge in [-0.25, -0.2) is 4.98 Å². The van der Waals surface area contributed by atoms with E-state index in [1.54, 1.807) is 16.2 Å². The molecule has 0 N–H and O–H groups in total. The van der Waals surface area contributed by atoms with Gasteiger partial charge >= 0.3 is 0 Å². The fraction of sp³-hybridized carbons (Fsp3) is 0.167. The lowest BCUT2D eigenvalue weighted by atomic mass is 10.1. The van der Waals surface area contributed by atoms with Crippen molar-refractivity contribution in [3.63, 3.8) is 0 Å². The van der Waals surface area contributed by atoms with Gasteiger partial charge in [0.25, 0.3) is 5.91 Å². The number of amides is 1. The number of fused-ring (bicyclic) bond motifs is 1. The lowest BCUT2D eigenvalue weighted by molar-refractivity contribution is -0.120. The maximum Gasteiger partial charge on any atom is 0.267 e. The molecule has 4 rings (SSSR count). The van der Waals surface area contributed by atoms with Crippen molar-refractivity contribution in [3.8, 4) is 5.75 Å². The molecule has 0 aliphatic heterocycles. The Balaban J connectivity index is 1.65. The molecular weight excluding hydrogens is 380 g/mol. The zero-order chi connectivity index (χ0) is 20.2. The molecule has 5 heteroatoms. The molecule has 0 aliphatic carbocycles. The Hall–Kier alpha value is -3.18. The van der Waals surface area contributed by atoms with Crippen LogP contribution >= 0.6 is 11.3 Å². The average molecular weight is 403 g/mol. The molecule has 0 fully saturated rings. The van der Waals surface area contributed by atoms with Crippen molar-refractivity contribution in [1.29, 1.82) is 0 Å². The van der Waals surface area contributed by atoms with E-state index in [2.05, 4.69) is 19.1 Å². The molecule has 29 heavy (non-hydrogen) atoms. The summed E-state index contributed by atoms with van der Waals surface area (Å²) >= 11 is 1.55. The van der Waals surface area contributed by atoms with Crippen LogP contribution in [0.3, 0.4) is 0 Å². The molecule has 146 valence electrons. The maximum atomic E-state index is 13.1. The van der Waals surface area contributed by atoms with Gasteiger partial charge in [0.1, 0.15) is 5.75 Å². The van der Waals surface area contributed by atoms with Crippen molar-refractivity contribution in [2.24, 2.45) is 0 Å². The van der Waals surface area contributed by atoms with E-state index in [0.29, 0.717) is 17.4 Å². The second kappa shape index (κ2) is 8.45. The minimum absolute atomic E-state index is 0.0370. The van der Waals surface area contributed by atoms with Gasteiger partial charge in [0.2, 0.25) is 0 Å². The molecule has 1 heterocycles. The van der Waals surface area contributed by atoms with Crippen LogP contribution in [0.5, 0.6) is 5.75 Å². The van der Waals surface area contributed by atoms with Crippen LogP contribution < -0.4 is 9.64 Å². The zero-order valence-corrected chi connectivity index (χ0v) is 17.3. The first-order valence-electron chi connectivity index (χ1n) is 9.50. The molecular formula is C24H22N2O2S. The summed E-state index contributed by atoms with van der Waals surface area (Å²) in [7, 11) is 0. The minimum Gasteiger partial charge on any atom is -0.484 e. The van der Waals surface area contributed by atoms with E-state index < -0.39 is 0 Å². The number of aryl methyl sites for hydroxylation is 2. The number of hydrogen-bond donors (Lipinski definition) is 0. The number of nitrogens with zero attached hydrogens (tertiary/aromatic N) is 2. The van der Waals surface area contributed by atoms with E-state index in [4.69, 9.17) is 9.72 Å². The van der Waals surface area contributed by atoms with E-state index in [9.17, 15) is 4.79 Å². The molecule has 1 aromatic heterocycles. The van der Waals surface area contributed by atoms with Crippen molar-refractivity contribution >= 4 is 32.6 Å². The van der Waals surface area contributed by atoms with Gasteiger partial charge in [-0.2, -0.15) is 0 Å². The summed E-state index contributed by atoms with van der Waals surface area (Å²) in [5.41, 5.74) is 4.29. The first-order valence-corrected chi connectivity index (χ1v) is 10.3. The van der Waals surface area contributed by atoms with Crippen LogP contribution in [0.15, 0.2) is 72.8 Å². The third-order valence-electron chi connectivity index (χ3n) is 4.75. The van der Waals surface area contributed by atoms with Crippen molar-refractivity contribution in [3.05, 3.63) is 89.5 Å². The Labute approximate surface area is 174 Å². The molecule has 0 unspecified atom stereocenters. The Morgan fingerprint density at radius 3 is 2.28 bits per heavy atom. The van der Waals surface area contributed by atoms with Gasteiger partial charge in [0, 0.05) is 0 Å². The van der Waals surface area contributed by atoms with Crippen LogP contribution in [0.1, 0.15) is 16.7 Å². The first kappa shape index (κ1) is 19.2. The summed E-state index contributed by atoms with van der Waals surface area (Å²) in [6.07, 6.45) is 0. The number of hydrogen-bond acceptors (Lipinski definition) is 4. The highest BCUT2D eigenvalue weighted by molar-refractivity contribution is 7.22. The van der Waals surface area contributed by atoms with E-state index in [0.717, 1.165) is 21.3 Å². The molecule has 0 saturated carbocycles. The van der Waals surface area contributed by atoms with E-state index in [-0.39, 0.29) is 12.5 Å². The Morgan fingerprint density at radius 1 is 0.931 bits per heavy atom. The van der Waals surface area contributed by atoms with Crippen LogP contribution in [0, 0.1) is 13.8 Å². The smallest absolute Gasteiger partial charge is 0.267 e. The first-order chi connectivity index (χ1) is 14.1. The zero-order valence-electron chi connectivity index (χ0n) is 16.5. The van der Waals surface area contributed by atoms with Crippen LogP contribution in [0.2, 0.25) is 0 Å². The van der Waals surface area contributed by atoms with E-state index >= 15 is 0 Å². The largest absolute Gasteiger partial charge is 0.484 e. The Kier molecular flexibility index (Phi) is 5.58. The molecule has 4 nitrogen and oxygen atoms in total. The normalized spacial score (nSPS) is 10.8. The summed E-state index contributed by atoms with van der Waals surface area (Å²) in [6, 6.07) is 23.5. The number of rotatable bonds is 6. The van der Waals surface area contributed by atoms with Gasteiger partial charge in [-0.1, -0.05) is 72.0 Å². The molecule has 0 saturated heterocycles. The molecule has 0 spiro atoms. The third-order valence-corrected chi connectivity index (χ3v) is 5.97. The van der Waals surface area contributed by atoms with Gasteiger partial charge < -0.3 is 4.74 Å². The van der Waals surface area contributed by atoms with Crippen LogP contribution in [-0.2, 0) is 11.3 Å². The Morgan fingerprint density at radius 2 is 1.59 bits per heavy atom. The van der Waals surface area contributed by atoms with E-state index in [1.807, 2.05) is 67.6 Å². The number of carbonyl (C=O) groups excluding carboxylic acids is 1. The number of anilines is 1. The summed E-state index contributed by atoms with van der Waals surface area (Å²) in [5.74, 6) is 0.559. The van der Waals surface area contributed by atoms with Gasteiger partial charge in [0.15, 0.2) is 11.7 Å².